The lowest BCUT2D eigenvalue weighted by molar-refractivity contribution is 0.0505. The van der Waals surface area contributed by atoms with Crippen LogP contribution in [0.3, 0.4) is 0 Å². The zero-order chi connectivity index (χ0) is 10.2. The molecule has 0 aliphatic carbocycles. The fourth-order valence-corrected chi connectivity index (χ4v) is 0.803. The second kappa shape index (κ2) is 6.22. The van der Waals surface area contributed by atoms with E-state index in [0.717, 1.165) is 0 Å². The Morgan fingerprint density at radius 1 is 1.64 bits per heavy atom. The summed E-state index contributed by atoms with van der Waals surface area (Å²) < 4.78 is 0. The molecule has 1 heterocycles. The Balaban J connectivity index is 2.14. The molecular weight excluding hydrogens is 186 g/mol. The lowest BCUT2D eigenvalue weighted by atomic mass is 10.3. The van der Waals surface area contributed by atoms with Gasteiger partial charge in [-0.15, -0.1) is 0 Å². The summed E-state index contributed by atoms with van der Waals surface area (Å²) in [4.78, 5) is 12.5. The average molecular weight is 199 g/mol. The largest absolute Gasteiger partial charge is 0.395 e. The number of rotatable bonds is 5. The van der Waals surface area contributed by atoms with Crippen LogP contribution in [0.25, 0.3) is 0 Å². The van der Waals surface area contributed by atoms with Crippen LogP contribution in [0, 0.1) is 0 Å². The normalized spacial score (nSPS) is 20.0. The predicted octanol–water partition coefficient (Wildman–Crippen LogP) is -0.785. The smallest absolute Gasteiger partial charge is 0.119 e. The van der Waals surface area contributed by atoms with Gasteiger partial charge in [-0.1, -0.05) is 5.16 Å². The summed E-state index contributed by atoms with van der Waals surface area (Å²) >= 11 is 0. The van der Waals surface area contributed by atoms with Crippen molar-refractivity contribution in [2.75, 3.05) is 19.8 Å². The lowest BCUT2D eigenvalue weighted by Crippen LogP contribution is -2.15. The van der Waals surface area contributed by atoms with E-state index in [1.54, 1.807) is 6.21 Å². The van der Waals surface area contributed by atoms with Crippen molar-refractivity contribution in [3.8, 4) is 0 Å². The van der Waals surface area contributed by atoms with Crippen molar-refractivity contribution in [3.05, 3.63) is 0 Å². The fourth-order valence-electron chi connectivity index (χ4n) is 0.803. The number of oxime groups is 1. The molecule has 1 atom stereocenters. The standard InChI is InChI=1S/C8H13N3O3/c12-5-8(13)1-2-14-11-7-3-9-6-10-4-7/h3,6,8,12-13H,1-2,4-5H2. The van der Waals surface area contributed by atoms with E-state index < -0.39 is 6.10 Å². The summed E-state index contributed by atoms with van der Waals surface area (Å²) in [5.74, 6) is 0. The third-order valence-electron chi connectivity index (χ3n) is 1.56. The van der Waals surface area contributed by atoms with E-state index in [-0.39, 0.29) is 13.2 Å². The average Bonchev–Trinajstić information content (AvgIpc) is 2.25. The molecule has 0 saturated carbocycles. The van der Waals surface area contributed by atoms with Gasteiger partial charge in [-0.05, 0) is 0 Å². The van der Waals surface area contributed by atoms with E-state index in [2.05, 4.69) is 15.1 Å². The quantitative estimate of drug-likeness (QED) is 0.449. The van der Waals surface area contributed by atoms with Crippen LogP contribution < -0.4 is 0 Å². The van der Waals surface area contributed by atoms with E-state index in [1.807, 2.05) is 0 Å². The molecular formula is C8H13N3O3. The first-order valence-corrected chi connectivity index (χ1v) is 4.32. The van der Waals surface area contributed by atoms with Gasteiger partial charge in [0, 0.05) is 6.42 Å². The van der Waals surface area contributed by atoms with Gasteiger partial charge in [-0.2, -0.15) is 0 Å². The van der Waals surface area contributed by atoms with Crippen molar-refractivity contribution in [1.82, 2.24) is 0 Å². The zero-order valence-electron chi connectivity index (χ0n) is 7.70. The van der Waals surface area contributed by atoms with Gasteiger partial charge >= 0.3 is 0 Å². The van der Waals surface area contributed by atoms with Gasteiger partial charge in [0.1, 0.15) is 18.7 Å². The van der Waals surface area contributed by atoms with Crippen molar-refractivity contribution < 1.29 is 15.1 Å². The van der Waals surface area contributed by atoms with E-state index in [9.17, 15) is 0 Å². The molecule has 0 fully saturated rings. The Morgan fingerprint density at radius 2 is 2.50 bits per heavy atom. The maximum Gasteiger partial charge on any atom is 0.119 e. The molecule has 0 aromatic rings. The first-order chi connectivity index (χ1) is 6.83. The molecule has 0 spiro atoms. The first kappa shape index (κ1) is 10.8. The molecule has 0 amide bonds. The minimum absolute atomic E-state index is 0.258. The molecule has 0 bridgehead atoms. The Labute approximate surface area is 81.6 Å². The molecule has 0 saturated heterocycles. The van der Waals surface area contributed by atoms with Crippen LogP contribution in [-0.2, 0) is 4.84 Å². The molecule has 14 heavy (non-hydrogen) atoms. The van der Waals surface area contributed by atoms with Crippen molar-refractivity contribution in [2.45, 2.75) is 12.5 Å². The van der Waals surface area contributed by atoms with Crippen LogP contribution in [0.4, 0.5) is 0 Å². The number of hydrogen-bond donors (Lipinski definition) is 2. The monoisotopic (exact) mass is 199 g/mol. The van der Waals surface area contributed by atoms with E-state index >= 15 is 0 Å². The van der Waals surface area contributed by atoms with Crippen LogP contribution in [0.5, 0.6) is 0 Å². The second-order valence-electron chi connectivity index (χ2n) is 2.78. The van der Waals surface area contributed by atoms with Crippen molar-refractivity contribution in [2.24, 2.45) is 15.1 Å². The third kappa shape index (κ3) is 4.11. The topological polar surface area (TPSA) is 86.8 Å². The molecule has 0 aromatic carbocycles. The Morgan fingerprint density at radius 3 is 3.14 bits per heavy atom. The summed E-state index contributed by atoms with van der Waals surface area (Å²) in [6.45, 7) is 0.473. The summed E-state index contributed by atoms with van der Waals surface area (Å²) in [6, 6.07) is 0. The van der Waals surface area contributed by atoms with Crippen molar-refractivity contribution in [1.29, 1.82) is 0 Å². The third-order valence-corrected chi connectivity index (χ3v) is 1.56. The van der Waals surface area contributed by atoms with Crippen LogP contribution in [-0.4, -0.2) is 54.3 Å². The maximum absolute atomic E-state index is 8.97. The molecule has 0 aromatic heterocycles. The van der Waals surface area contributed by atoms with E-state index in [1.165, 1.54) is 6.34 Å². The molecule has 1 aliphatic rings. The van der Waals surface area contributed by atoms with Crippen molar-refractivity contribution in [3.63, 3.8) is 0 Å². The van der Waals surface area contributed by atoms with Gasteiger partial charge in [-0.3, -0.25) is 4.99 Å². The molecule has 6 heteroatoms. The SMILES string of the molecule is OCC(O)CCON=C1C=NC=NC1. The maximum atomic E-state index is 8.97. The van der Waals surface area contributed by atoms with Gasteiger partial charge in [0.25, 0.3) is 0 Å². The highest BCUT2D eigenvalue weighted by Crippen LogP contribution is 1.92. The van der Waals surface area contributed by atoms with Gasteiger partial charge in [0.15, 0.2) is 0 Å². The highest BCUT2D eigenvalue weighted by atomic mass is 16.6. The predicted molar refractivity (Wildman–Crippen MR) is 52.9 cm³/mol. The Hall–Kier alpha value is -1.27. The number of hydrogen-bond acceptors (Lipinski definition) is 6. The Bertz CT molecular complexity index is 250. The summed E-state index contributed by atoms with van der Waals surface area (Å²) in [6.07, 6.45) is 2.63. The number of aliphatic hydroxyl groups is 2. The van der Waals surface area contributed by atoms with Crippen LogP contribution in [0.1, 0.15) is 6.42 Å². The first-order valence-electron chi connectivity index (χ1n) is 4.32. The zero-order valence-corrected chi connectivity index (χ0v) is 7.70. The summed E-state index contributed by atoms with van der Waals surface area (Å²) in [5.41, 5.74) is 0.644. The molecule has 1 rings (SSSR count). The van der Waals surface area contributed by atoms with E-state index in [0.29, 0.717) is 18.7 Å². The number of aliphatic imine (C=N–C) groups is 2. The second-order valence-corrected chi connectivity index (χ2v) is 2.78. The van der Waals surface area contributed by atoms with Gasteiger partial charge in [0.2, 0.25) is 0 Å². The molecule has 0 radical (unpaired) electrons. The van der Waals surface area contributed by atoms with Crippen LogP contribution >= 0.6 is 0 Å². The lowest BCUT2D eigenvalue weighted by Gasteiger charge is -2.05. The molecule has 78 valence electrons. The van der Waals surface area contributed by atoms with Gasteiger partial charge in [-0.25, -0.2) is 4.99 Å². The molecule has 2 N–H and O–H groups in total. The fraction of sp³-hybridized carbons (Fsp3) is 0.625. The Kier molecular flexibility index (Phi) is 4.81. The molecule has 1 aliphatic heterocycles. The van der Waals surface area contributed by atoms with Gasteiger partial charge < -0.3 is 15.1 Å². The minimum Gasteiger partial charge on any atom is -0.395 e. The summed E-state index contributed by atoms with van der Waals surface area (Å²) in [5, 5.41) is 21.2. The number of nitrogens with zero attached hydrogens (tertiary/aromatic N) is 3. The number of aliphatic hydroxyl groups excluding tert-OH is 2. The van der Waals surface area contributed by atoms with Crippen LogP contribution in [0.2, 0.25) is 0 Å². The van der Waals surface area contributed by atoms with Crippen molar-refractivity contribution >= 4 is 18.3 Å². The highest BCUT2D eigenvalue weighted by Gasteiger charge is 2.02. The van der Waals surface area contributed by atoms with Crippen LogP contribution in [0.15, 0.2) is 15.1 Å². The molecule has 1 unspecified atom stereocenters. The summed E-state index contributed by atoms with van der Waals surface area (Å²) in [7, 11) is 0. The highest BCUT2D eigenvalue weighted by molar-refractivity contribution is 6.33. The van der Waals surface area contributed by atoms with E-state index in [4.69, 9.17) is 15.1 Å². The molecule has 6 nitrogen and oxygen atoms in total. The van der Waals surface area contributed by atoms with Gasteiger partial charge in [0.05, 0.1) is 25.5 Å². The minimum atomic E-state index is -0.742.